The SMILES string of the molecule is NC1CC(c2ccc(O)cc2)Oc2ccc(Cl)cc21. The van der Waals surface area contributed by atoms with Gasteiger partial charge in [0.1, 0.15) is 17.6 Å². The largest absolute Gasteiger partial charge is 0.508 e. The first-order valence-corrected chi connectivity index (χ1v) is 6.52. The van der Waals surface area contributed by atoms with Crippen molar-refractivity contribution in [1.82, 2.24) is 0 Å². The number of benzene rings is 2. The molecule has 0 saturated carbocycles. The fourth-order valence-corrected chi connectivity index (χ4v) is 2.55. The molecule has 1 aliphatic rings. The van der Waals surface area contributed by atoms with Crippen LogP contribution in [0.3, 0.4) is 0 Å². The van der Waals surface area contributed by atoms with E-state index < -0.39 is 0 Å². The Hall–Kier alpha value is -1.71. The summed E-state index contributed by atoms with van der Waals surface area (Å²) in [4.78, 5) is 0. The Labute approximate surface area is 116 Å². The van der Waals surface area contributed by atoms with Gasteiger partial charge in [-0.2, -0.15) is 0 Å². The van der Waals surface area contributed by atoms with Gasteiger partial charge in [0.15, 0.2) is 0 Å². The highest BCUT2D eigenvalue weighted by Gasteiger charge is 2.27. The number of hydrogen-bond acceptors (Lipinski definition) is 3. The summed E-state index contributed by atoms with van der Waals surface area (Å²) >= 11 is 5.97. The van der Waals surface area contributed by atoms with Crippen LogP contribution in [0.15, 0.2) is 42.5 Å². The average Bonchev–Trinajstić information content (AvgIpc) is 2.40. The van der Waals surface area contributed by atoms with Crippen LogP contribution in [0.1, 0.15) is 29.7 Å². The topological polar surface area (TPSA) is 55.5 Å². The fourth-order valence-electron chi connectivity index (χ4n) is 2.37. The minimum Gasteiger partial charge on any atom is -0.508 e. The molecule has 2 unspecified atom stereocenters. The first-order chi connectivity index (χ1) is 9.13. The Morgan fingerprint density at radius 2 is 1.89 bits per heavy atom. The molecule has 0 aromatic heterocycles. The Morgan fingerprint density at radius 3 is 2.63 bits per heavy atom. The van der Waals surface area contributed by atoms with Crippen molar-refractivity contribution < 1.29 is 9.84 Å². The summed E-state index contributed by atoms with van der Waals surface area (Å²) in [6, 6.07) is 12.4. The second kappa shape index (κ2) is 4.76. The first-order valence-electron chi connectivity index (χ1n) is 6.14. The van der Waals surface area contributed by atoms with E-state index in [0.717, 1.165) is 16.9 Å². The van der Waals surface area contributed by atoms with E-state index >= 15 is 0 Å². The van der Waals surface area contributed by atoms with Crippen molar-refractivity contribution in [1.29, 1.82) is 0 Å². The van der Waals surface area contributed by atoms with E-state index in [0.29, 0.717) is 11.4 Å². The maximum atomic E-state index is 9.32. The molecule has 0 saturated heterocycles. The van der Waals surface area contributed by atoms with Gasteiger partial charge in [0.25, 0.3) is 0 Å². The van der Waals surface area contributed by atoms with Gasteiger partial charge >= 0.3 is 0 Å². The van der Waals surface area contributed by atoms with E-state index in [-0.39, 0.29) is 17.9 Å². The third-order valence-corrected chi connectivity index (χ3v) is 3.61. The number of phenols is 1. The molecule has 2 atom stereocenters. The van der Waals surface area contributed by atoms with Crippen LogP contribution in [0, 0.1) is 0 Å². The standard InChI is InChI=1S/C15H14ClNO2/c16-10-3-6-14-12(7-10)13(17)8-15(19-14)9-1-4-11(18)5-2-9/h1-7,13,15,18H,8,17H2. The maximum absolute atomic E-state index is 9.32. The lowest BCUT2D eigenvalue weighted by Gasteiger charge is -2.30. The summed E-state index contributed by atoms with van der Waals surface area (Å²) in [6.07, 6.45) is 0.599. The summed E-state index contributed by atoms with van der Waals surface area (Å²) in [5, 5.41) is 9.98. The van der Waals surface area contributed by atoms with Crippen LogP contribution in [-0.2, 0) is 0 Å². The normalized spacial score (nSPS) is 21.6. The fraction of sp³-hybridized carbons (Fsp3) is 0.200. The van der Waals surface area contributed by atoms with Gasteiger partial charge in [-0.15, -0.1) is 0 Å². The molecule has 0 amide bonds. The predicted molar refractivity (Wildman–Crippen MR) is 74.5 cm³/mol. The van der Waals surface area contributed by atoms with Gasteiger partial charge in [-0.1, -0.05) is 23.7 Å². The lowest BCUT2D eigenvalue weighted by molar-refractivity contribution is 0.161. The average molecular weight is 276 g/mol. The van der Waals surface area contributed by atoms with Crippen molar-refractivity contribution in [3.8, 4) is 11.5 Å². The zero-order valence-corrected chi connectivity index (χ0v) is 11.0. The number of halogens is 1. The molecular weight excluding hydrogens is 262 g/mol. The van der Waals surface area contributed by atoms with E-state index in [1.54, 1.807) is 18.2 Å². The van der Waals surface area contributed by atoms with Crippen molar-refractivity contribution in [3.63, 3.8) is 0 Å². The number of nitrogens with two attached hydrogens (primary N) is 1. The number of fused-ring (bicyclic) bond motifs is 1. The van der Waals surface area contributed by atoms with Crippen molar-refractivity contribution >= 4 is 11.6 Å². The van der Waals surface area contributed by atoms with Gasteiger partial charge in [-0.3, -0.25) is 0 Å². The van der Waals surface area contributed by atoms with Gasteiger partial charge in [0.05, 0.1) is 0 Å². The molecule has 2 aromatic carbocycles. The van der Waals surface area contributed by atoms with Crippen LogP contribution < -0.4 is 10.5 Å². The molecule has 4 heteroatoms. The van der Waals surface area contributed by atoms with E-state index in [1.165, 1.54) is 0 Å². The molecule has 1 heterocycles. The van der Waals surface area contributed by atoms with Crippen LogP contribution in [0.5, 0.6) is 11.5 Å². The van der Waals surface area contributed by atoms with Crippen molar-refractivity contribution in [2.75, 3.05) is 0 Å². The minimum atomic E-state index is -0.0961. The summed E-state index contributed by atoms with van der Waals surface area (Å²) < 4.78 is 5.96. The van der Waals surface area contributed by atoms with Crippen molar-refractivity contribution in [3.05, 3.63) is 58.6 Å². The maximum Gasteiger partial charge on any atom is 0.126 e. The highest BCUT2D eigenvalue weighted by molar-refractivity contribution is 6.30. The number of rotatable bonds is 1. The highest BCUT2D eigenvalue weighted by atomic mass is 35.5. The van der Waals surface area contributed by atoms with E-state index in [4.69, 9.17) is 22.1 Å². The second-order valence-electron chi connectivity index (χ2n) is 4.72. The van der Waals surface area contributed by atoms with Gasteiger partial charge < -0.3 is 15.6 Å². The molecular formula is C15H14ClNO2. The summed E-state index contributed by atoms with van der Waals surface area (Å²) in [6.45, 7) is 0. The molecule has 1 aliphatic heterocycles. The molecule has 0 radical (unpaired) electrons. The van der Waals surface area contributed by atoms with Gasteiger partial charge in [0.2, 0.25) is 0 Å². The Balaban J connectivity index is 1.92. The zero-order chi connectivity index (χ0) is 13.4. The monoisotopic (exact) mass is 275 g/mol. The minimum absolute atomic E-state index is 0.0933. The molecule has 19 heavy (non-hydrogen) atoms. The smallest absolute Gasteiger partial charge is 0.126 e. The quantitative estimate of drug-likeness (QED) is 0.836. The lowest BCUT2D eigenvalue weighted by Crippen LogP contribution is -2.24. The summed E-state index contributed by atoms with van der Waals surface area (Å²) in [7, 11) is 0. The van der Waals surface area contributed by atoms with Crippen LogP contribution in [-0.4, -0.2) is 5.11 Å². The van der Waals surface area contributed by atoms with E-state index in [2.05, 4.69) is 0 Å². The zero-order valence-electron chi connectivity index (χ0n) is 10.2. The van der Waals surface area contributed by atoms with E-state index in [1.807, 2.05) is 24.3 Å². The first kappa shape index (κ1) is 12.3. The molecule has 0 fully saturated rings. The predicted octanol–water partition coefficient (Wildman–Crippen LogP) is 3.57. The third kappa shape index (κ3) is 2.39. The molecule has 0 aliphatic carbocycles. The third-order valence-electron chi connectivity index (χ3n) is 3.37. The van der Waals surface area contributed by atoms with Crippen molar-refractivity contribution in [2.24, 2.45) is 5.73 Å². The lowest BCUT2D eigenvalue weighted by atomic mass is 9.93. The number of aromatic hydroxyl groups is 1. The second-order valence-corrected chi connectivity index (χ2v) is 5.16. The molecule has 98 valence electrons. The van der Waals surface area contributed by atoms with Gasteiger partial charge in [0, 0.05) is 23.0 Å². The van der Waals surface area contributed by atoms with Crippen LogP contribution >= 0.6 is 11.6 Å². The number of phenolic OH excluding ortho intramolecular Hbond substituents is 1. The number of ether oxygens (including phenoxy) is 1. The molecule has 0 bridgehead atoms. The van der Waals surface area contributed by atoms with Crippen LogP contribution in [0.2, 0.25) is 5.02 Å². The van der Waals surface area contributed by atoms with Gasteiger partial charge in [-0.25, -0.2) is 0 Å². The molecule has 2 aromatic rings. The molecule has 3 N–H and O–H groups in total. The number of hydrogen-bond donors (Lipinski definition) is 2. The highest BCUT2D eigenvalue weighted by Crippen LogP contribution is 2.40. The van der Waals surface area contributed by atoms with Crippen molar-refractivity contribution in [2.45, 2.75) is 18.6 Å². The molecule has 3 nitrogen and oxygen atoms in total. The molecule has 3 rings (SSSR count). The van der Waals surface area contributed by atoms with Crippen LogP contribution in [0.25, 0.3) is 0 Å². The van der Waals surface area contributed by atoms with E-state index in [9.17, 15) is 5.11 Å². The Bertz CT molecular complexity index is 598. The van der Waals surface area contributed by atoms with Gasteiger partial charge in [-0.05, 0) is 35.9 Å². The summed E-state index contributed by atoms with van der Waals surface area (Å²) in [5.74, 6) is 1.03. The Kier molecular flexibility index (Phi) is 3.09. The summed E-state index contributed by atoms with van der Waals surface area (Å²) in [5.41, 5.74) is 8.14. The van der Waals surface area contributed by atoms with Crippen LogP contribution in [0.4, 0.5) is 0 Å². The molecule has 0 spiro atoms. The Morgan fingerprint density at radius 1 is 1.16 bits per heavy atom.